The second kappa shape index (κ2) is 12.3. The normalized spacial score (nSPS) is 12.4. The summed E-state index contributed by atoms with van der Waals surface area (Å²) in [7, 11) is 0. The third kappa shape index (κ3) is 5.41. The van der Waals surface area contributed by atoms with Crippen LogP contribution < -0.4 is 0 Å². The van der Waals surface area contributed by atoms with Crippen LogP contribution in [0.5, 0.6) is 0 Å². The van der Waals surface area contributed by atoms with E-state index in [1.807, 2.05) is 42.6 Å². The van der Waals surface area contributed by atoms with Crippen LogP contribution in [-0.2, 0) is 6.42 Å². The van der Waals surface area contributed by atoms with Gasteiger partial charge < -0.3 is 4.57 Å². The minimum atomic E-state index is 0.642. The van der Waals surface area contributed by atoms with Crippen LogP contribution in [0.1, 0.15) is 23.2 Å². The summed E-state index contributed by atoms with van der Waals surface area (Å²) < 4.78 is 2.43. The van der Waals surface area contributed by atoms with Crippen LogP contribution in [0.2, 0.25) is 0 Å². The summed E-state index contributed by atoms with van der Waals surface area (Å²) in [4.78, 5) is 19.1. The van der Waals surface area contributed by atoms with E-state index in [0.717, 1.165) is 40.7 Å². The van der Waals surface area contributed by atoms with E-state index in [1.54, 1.807) is 6.20 Å². The molecule has 0 atom stereocenters. The van der Waals surface area contributed by atoms with E-state index in [2.05, 4.69) is 125 Å². The van der Waals surface area contributed by atoms with E-state index in [-0.39, 0.29) is 0 Å². The third-order valence-corrected chi connectivity index (χ3v) is 9.30. The monoisotopic (exact) mass is 629 g/mol. The van der Waals surface area contributed by atoms with Gasteiger partial charge in [-0.05, 0) is 65.4 Å². The number of fused-ring (bicyclic) bond motifs is 3. The Hall–Kier alpha value is -6.46. The van der Waals surface area contributed by atoms with Crippen molar-refractivity contribution in [3.05, 3.63) is 175 Å². The topological polar surface area (TPSA) is 56.5 Å². The van der Waals surface area contributed by atoms with E-state index < -0.39 is 0 Å². The quantitative estimate of drug-likeness (QED) is 0.184. The number of rotatable bonds is 6. The van der Waals surface area contributed by atoms with Gasteiger partial charge in [-0.2, -0.15) is 0 Å². The first-order chi connectivity index (χ1) is 24.3. The Balaban J connectivity index is 1.08. The zero-order chi connectivity index (χ0) is 32.6. The van der Waals surface area contributed by atoms with Crippen LogP contribution in [0.3, 0.4) is 0 Å². The van der Waals surface area contributed by atoms with E-state index in [0.29, 0.717) is 17.5 Å². The average molecular weight is 630 g/mol. The number of allylic oxidation sites excluding steroid dienone is 1. The van der Waals surface area contributed by atoms with Crippen molar-refractivity contribution in [3.8, 4) is 51.0 Å². The van der Waals surface area contributed by atoms with Gasteiger partial charge in [-0.25, -0.2) is 15.0 Å². The highest BCUT2D eigenvalue weighted by Gasteiger charge is 2.22. The molecule has 5 aromatic carbocycles. The van der Waals surface area contributed by atoms with E-state index in [4.69, 9.17) is 15.0 Å². The van der Waals surface area contributed by atoms with Gasteiger partial charge in [-0.3, -0.25) is 4.98 Å². The van der Waals surface area contributed by atoms with Crippen molar-refractivity contribution in [2.45, 2.75) is 12.8 Å². The number of para-hydroxylation sites is 2. The first-order valence-corrected chi connectivity index (χ1v) is 16.6. The zero-order valence-electron chi connectivity index (χ0n) is 26.7. The molecule has 232 valence electrons. The maximum Gasteiger partial charge on any atom is 0.164 e. The summed E-state index contributed by atoms with van der Waals surface area (Å²) in [6.45, 7) is 0. The molecule has 0 saturated carbocycles. The fourth-order valence-corrected chi connectivity index (χ4v) is 6.85. The Labute approximate surface area is 285 Å². The fourth-order valence-electron chi connectivity index (χ4n) is 6.85. The second-order valence-electron chi connectivity index (χ2n) is 12.3. The van der Waals surface area contributed by atoms with Gasteiger partial charge in [0.05, 0.1) is 5.52 Å². The van der Waals surface area contributed by atoms with E-state index in [1.165, 1.54) is 39.0 Å². The summed E-state index contributed by atoms with van der Waals surface area (Å²) in [5.41, 5.74) is 12.7. The molecule has 0 spiro atoms. The van der Waals surface area contributed by atoms with Gasteiger partial charge in [-0.15, -0.1) is 0 Å². The Morgan fingerprint density at radius 1 is 0.449 bits per heavy atom. The molecule has 49 heavy (non-hydrogen) atoms. The molecular weight excluding hydrogens is 599 g/mol. The molecule has 9 rings (SSSR count). The lowest BCUT2D eigenvalue weighted by Gasteiger charge is -2.18. The van der Waals surface area contributed by atoms with Crippen LogP contribution in [0.15, 0.2) is 158 Å². The first kappa shape index (κ1) is 28.7. The minimum absolute atomic E-state index is 0.642. The van der Waals surface area contributed by atoms with E-state index in [9.17, 15) is 0 Å². The van der Waals surface area contributed by atoms with Gasteiger partial charge in [0.2, 0.25) is 0 Å². The van der Waals surface area contributed by atoms with Gasteiger partial charge in [0.25, 0.3) is 0 Å². The molecule has 5 nitrogen and oxygen atoms in total. The molecule has 1 aliphatic rings. The molecule has 0 unspecified atom stereocenters. The number of benzene rings is 5. The van der Waals surface area contributed by atoms with Gasteiger partial charge in [0.1, 0.15) is 0 Å². The minimum Gasteiger partial charge on any atom is -0.313 e. The number of hydrogen-bond donors (Lipinski definition) is 0. The maximum absolute atomic E-state index is 4.99. The summed E-state index contributed by atoms with van der Waals surface area (Å²) in [5, 5.41) is 1.29. The highest BCUT2D eigenvalue weighted by molar-refractivity contribution is 5.99. The lowest BCUT2D eigenvalue weighted by molar-refractivity contribution is 0.898. The van der Waals surface area contributed by atoms with Crippen LogP contribution in [0.4, 0.5) is 0 Å². The molecule has 3 aromatic heterocycles. The molecule has 5 heteroatoms. The van der Waals surface area contributed by atoms with E-state index >= 15 is 0 Å². The molecule has 0 amide bonds. The van der Waals surface area contributed by atoms with Crippen molar-refractivity contribution in [2.24, 2.45) is 0 Å². The summed E-state index contributed by atoms with van der Waals surface area (Å²) in [6.07, 6.45) is 8.00. The molecular formula is C44H31N5. The lowest BCUT2D eigenvalue weighted by Crippen LogP contribution is -2.05. The van der Waals surface area contributed by atoms with Crippen LogP contribution >= 0.6 is 0 Å². The van der Waals surface area contributed by atoms with Gasteiger partial charge in [-0.1, -0.05) is 121 Å². The largest absolute Gasteiger partial charge is 0.313 e. The Kier molecular flexibility index (Phi) is 7.21. The smallest absolute Gasteiger partial charge is 0.164 e. The Morgan fingerprint density at radius 2 is 1.00 bits per heavy atom. The number of hydrogen-bond acceptors (Lipinski definition) is 4. The molecule has 0 aliphatic heterocycles. The Bertz CT molecular complexity index is 2450. The number of pyridine rings is 1. The van der Waals surface area contributed by atoms with Crippen molar-refractivity contribution in [2.75, 3.05) is 0 Å². The van der Waals surface area contributed by atoms with Crippen LogP contribution in [0, 0.1) is 0 Å². The zero-order valence-corrected chi connectivity index (χ0v) is 26.7. The van der Waals surface area contributed by atoms with Crippen LogP contribution in [0.25, 0.3) is 73.5 Å². The number of nitrogens with zero attached hydrogens (tertiary/aromatic N) is 5. The molecule has 0 saturated heterocycles. The van der Waals surface area contributed by atoms with Gasteiger partial charge in [0.15, 0.2) is 17.5 Å². The Morgan fingerprint density at radius 3 is 1.65 bits per heavy atom. The van der Waals surface area contributed by atoms with Gasteiger partial charge in [0, 0.05) is 51.4 Å². The molecule has 0 bridgehead atoms. The lowest BCUT2D eigenvalue weighted by atomic mass is 9.91. The molecule has 0 fully saturated rings. The predicted octanol–water partition coefficient (Wildman–Crippen LogP) is 10.4. The average Bonchev–Trinajstić information content (AvgIpc) is 3.52. The van der Waals surface area contributed by atoms with Crippen molar-refractivity contribution >= 4 is 22.6 Å². The van der Waals surface area contributed by atoms with Crippen molar-refractivity contribution < 1.29 is 0 Å². The summed E-state index contributed by atoms with van der Waals surface area (Å²) in [6, 6.07) is 50.5. The van der Waals surface area contributed by atoms with Crippen molar-refractivity contribution in [3.63, 3.8) is 0 Å². The maximum atomic E-state index is 4.99. The first-order valence-electron chi connectivity index (χ1n) is 16.6. The summed E-state index contributed by atoms with van der Waals surface area (Å²) >= 11 is 0. The third-order valence-electron chi connectivity index (χ3n) is 9.30. The SMILES string of the molecule is C1=C(c2ccc(-c3nc(-c4ccccc4)nc(-c4ccc(-c5cccnc5)cc4)n3)cc2)CCc2c1c1ccccc1n2-c1ccccc1. The number of aromatic nitrogens is 5. The molecule has 0 radical (unpaired) electrons. The second-order valence-corrected chi connectivity index (χ2v) is 12.3. The van der Waals surface area contributed by atoms with Gasteiger partial charge >= 0.3 is 0 Å². The molecule has 0 N–H and O–H groups in total. The van der Waals surface area contributed by atoms with Crippen molar-refractivity contribution in [1.82, 2.24) is 24.5 Å². The van der Waals surface area contributed by atoms with Crippen molar-refractivity contribution in [1.29, 1.82) is 0 Å². The van der Waals surface area contributed by atoms with Crippen LogP contribution in [-0.4, -0.2) is 24.5 Å². The predicted molar refractivity (Wildman–Crippen MR) is 199 cm³/mol. The standard InChI is InChI=1S/C44H31N5/c1-3-10-32(11-4-1)42-46-43(48-44(47-42)34-23-19-31(20-24-34)36-12-9-27-45-29-36)33-21-17-30(18-22-33)35-25-26-41-39(28-35)38-15-7-8-16-40(38)49(41)37-13-5-2-6-14-37/h1-24,27-29H,25-26H2. The molecule has 3 heterocycles. The highest BCUT2D eigenvalue weighted by Crippen LogP contribution is 2.39. The summed E-state index contributed by atoms with van der Waals surface area (Å²) in [5.74, 6) is 1.94. The molecule has 8 aromatic rings. The fraction of sp³-hybridized carbons (Fsp3) is 0.0455. The highest BCUT2D eigenvalue weighted by atomic mass is 15.0. The molecule has 1 aliphatic carbocycles.